The summed E-state index contributed by atoms with van der Waals surface area (Å²) in [6, 6.07) is 5.48. The molecule has 2 unspecified atom stereocenters. The number of rotatable bonds is 4. The van der Waals surface area contributed by atoms with Gasteiger partial charge in [0, 0.05) is 5.56 Å². The van der Waals surface area contributed by atoms with Gasteiger partial charge in [-0.3, -0.25) is 0 Å². The predicted octanol–water partition coefficient (Wildman–Crippen LogP) is 6.17. The highest BCUT2D eigenvalue weighted by atomic mass is 35.5. The van der Waals surface area contributed by atoms with Gasteiger partial charge in [-0.2, -0.15) is 0 Å². The van der Waals surface area contributed by atoms with Gasteiger partial charge in [-0.05, 0) is 42.7 Å². The van der Waals surface area contributed by atoms with Gasteiger partial charge in [0.25, 0.3) is 0 Å². The van der Waals surface area contributed by atoms with Gasteiger partial charge in [-0.1, -0.05) is 68.5 Å². The van der Waals surface area contributed by atoms with Crippen LogP contribution in [0.2, 0.25) is 10.0 Å². The molecule has 138 valence electrons. The minimum atomic E-state index is -0.376. The van der Waals surface area contributed by atoms with Crippen molar-refractivity contribution < 1.29 is 9.57 Å². The van der Waals surface area contributed by atoms with E-state index in [9.17, 15) is 0 Å². The van der Waals surface area contributed by atoms with E-state index in [0.29, 0.717) is 27.8 Å². The van der Waals surface area contributed by atoms with Crippen molar-refractivity contribution in [2.24, 2.45) is 28.8 Å². The fourth-order valence-electron chi connectivity index (χ4n) is 4.01. The van der Waals surface area contributed by atoms with Crippen molar-refractivity contribution in [1.82, 2.24) is 0 Å². The molecule has 3 rings (SSSR count). The third-order valence-corrected chi connectivity index (χ3v) is 6.21. The Morgan fingerprint density at radius 1 is 1.16 bits per heavy atom. The average molecular weight is 384 g/mol. The first kappa shape index (κ1) is 19.0. The first-order valence-electron chi connectivity index (χ1n) is 9.22. The molecule has 3 nitrogen and oxygen atoms in total. The van der Waals surface area contributed by atoms with Crippen LogP contribution in [0, 0.1) is 23.7 Å². The van der Waals surface area contributed by atoms with Crippen LogP contribution in [-0.2, 0) is 9.57 Å². The van der Waals surface area contributed by atoms with E-state index in [-0.39, 0.29) is 18.3 Å². The molecular formula is C20H27Cl2NO2. The first-order chi connectivity index (χ1) is 11.9. The summed E-state index contributed by atoms with van der Waals surface area (Å²) in [6.45, 7) is 8.92. The second-order valence-corrected chi connectivity index (χ2v) is 8.65. The van der Waals surface area contributed by atoms with Crippen molar-refractivity contribution in [2.45, 2.75) is 59.4 Å². The van der Waals surface area contributed by atoms with Crippen LogP contribution in [0.25, 0.3) is 0 Å². The fourth-order valence-corrected chi connectivity index (χ4v) is 4.61. The SMILES string of the molecule is CC1C(c2c(Cl)cccc2Cl)=NOC1O[C@@H]1C[C@H](C)CC[C@H]1C(C)C. The zero-order valence-electron chi connectivity index (χ0n) is 15.3. The Kier molecular flexibility index (Phi) is 5.97. The monoisotopic (exact) mass is 383 g/mol. The van der Waals surface area contributed by atoms with E-state index in [0.717, 1.165) is 17.7 Å². The molecule has 1 fully saturated rings. The summed E-state index contributed by atoms with van der Waals surface area (Å²) >= 11 is 12.7. The van der Waals surface area contributed by atoms with E-state index in [4.69, 9.17) is 32.8 Å². The fraction of sp³-hybridized carbons (Fsp3) is 0.650. The maximum Gasteiger partial charge on any atom is 0.235 e. The van der Waals surface area contributed by atoms with Crippen LogP contribution in [0.3, 0.4) is 0 Å². The normalized spacial score (nSPS) is 32.6. The highest BCUT2D eigenvalue weighted by Crippen LogP contribution is 2.38. The Balaban J connectivity index is 1.74. The lowest BCUT2D eigenvalue weighted by Gasteiger charge is -2.38. The van der Waals surface area contributed by atoms with Crippen molar-refractivity contribution in [3.05, 3.63) is 33.8 Å². The summed E-state index contributed by atoms with van der Waals surface area (Å²) in [5.41, 5.74) is 1.52. The lowest BCUT2D eigenvalue weighted by atomic mass is 9.75. The van der Waals surface area contributed by atoms with E-state index < -0.39 is 0 Å². The molecule has 0 aromatic heterocycles. The van der Waals surface area contributed by atoms with Gasteiger partial charge in [-0.15, -0.1) is 0 Å². The third kappa shape index (κ3) is 3.99. The zero-order chi connectivity index (χ0) is 18.1. The molecule has 0 amide bonds. The van der Waals surface area contributed by atoms with Gasteiger partial charge in [0.15, 0.2) is 0 Å². The van der Waals surface area contributed by atoms with Crippen molar-refractivity contribution in [3.63, 3.8) is 0 Å². The van der Waals surface area contributed by atoms with E-state index in [1.165, 1.54) is 12.8 Å². The van der Waals surface area contributed by atoms with Crippen LogP contribution in [0.1, 0.15) is 52.5 Å². The highest BCUT2D eigenvalue weighted by molar-refractivity contribution is 6.40. The Bertz CT molecular complexity index is 626. The smallest absolute Gasteiger partial charge is 0.235 e. The molecule has 1 aromatic carbocycles. The number of ether oxygens (including phenoxy) is 1. The summed E-state index contributed by atoms with van der Waals surface area (Å²) < 4.78 is 6.42. The molecule has 0 radical (unpaired) electrons. The molecule has 1 aliphatic carbocycles. The summed E-state index contributed by atoms with van der Waals surface area (Å²) in [5.74, 6) is 1.85. The maximum atomic E-state index is 6.42. The second kappa shape index (κ2) is 7.85. The number of hydrogen-bond donors (Lipinski definition) is 0. The average Bonchev–Trinajstić information content (AvgIpc) is 2.88. The molecule has 5 heteroatoms. The Labute approximate surface area is 160 Å². The third-order valence-electron chi connectivity index (χ3n) is 5.58. The summed E-state index contributed by atoms with van der Waals surface area (Å²) in [4.78, 5) is 5.66. The summed E-state index contributed by atoms with van der Waals surface area (Å²) in [5, 5.41) is 5.45. The van der Waals surface area contributed by atoms with Crippen molar-refractivity contribution in [3.8, 4) is 0 Å². The van der Waals surface area contributed by atoms with Gasteiger partial charge < -0.3 is 9.57 Å². The van der Waals surface area contributed by atoms with E-state index in [1.54, 1.807) is 0 Å². The van der Waals surface area contributed by atoms with Crippen LogP contribution in [0.15, 0.2) is 23.4 Å². The molecule has 1 aromatic rings. The molecule has 1 saturated carbocycles. The first-order valence-corrected chi connectivity index (χ1v) is 9.97. The van der Waals surface area contributed by atoms with Gasteiger partial charge in [0.2, 0.25) is 6.29 Å². The highest BCUT2D eigenvalue weighted by Gasteiger charge is 2.39. The van der Waals surface area contributed by atoms with Crippen LogP contribution >= 0.6 is 23.2 Å². The minimum absolute atomic E-state index is 0.0116. The quantitative estimate of drug-likeness (QED) is 0.622. The molecule has 1 heterocycles. The van der Waals surface area contributed by atoms with E-state index in [1.807, 2.05) is 18.2 Å². The molecule has 0 bridgehead atoms. The standard InChI is InChI=1S/C20H27Cl2NO2/c1-11(2)14-9-8-12(3)10-17(14)24-20-13(4)19(23-25-20)18-15(21)6-5-7-16(18)22/h5-7,11-14,17,20H,8-10H2,1-4H3/t12-,13?,14+,17-,20?/m1/s1. The number of hydrogen-bond acceptors (Lipinski definition) is 3. The second-order valence-electron chi connectivity index (χ2n) is 7.84. The molecule has 0 saturated heterocycles. The van der Waals surface area contributed by atoms with Crippen LogP contribution in [-0.4, -0.2) is 18.1 Å². The molecular weight excluding hydrogens is 357 g/mol. The predicted molar refractivity (Wildman–Crippen MR) is 103 cm³/mol. The van der Waals surface area contributed by atoms with Crippen LogP contribution in [0.5, 0.6) is 0 Å². The number of nitrogens with zero attached hydrogens (tertiary/aromatic N) is 1. The maximum absolute atomic E-state index is 6.42. The summed E-state index contributed by atoms with van der Waals surface area (Å²) in [6.07, 6.45) is 3.42. The zero-order valence-corrected chi connectivity index (χ0v) is 16.8. The summed E-state index contributed by atoms with van der Waals surface area (Å²) in [7, 11) is 0. The van der Waals surface area contributed by atoms with Crippen molar-refractivity contribution >= 4 is 28.9 Å². The van der Waals surface area contributed by atoms with Crippen molar-refractivity contribution in [1.29, 1.82) is 0 Å². The van der Waals surface area contributed by atoms with Gasteiger partial charge in [-0.25, -0.2) is 0 Å². The van der Waals surface area contributed by atoms with E-state index >= 15 is 0 Å². The number of oxime groups is 1. The molecule has 2 aliphatic rings. The molecule has 1 aliphatic heterocycles. The lowest BCUT2D eigenvalue weighted by Crippen LogP contribution is -2.39. The Morgan fingerprint density at radius 3 is 2.48 bits per heavy atom. The molecule has 25 heavy (non-hydrogen) atoms. The van der Waals surface area contributed by atoms with Gasteiger partial charge in [0.1, 0.15) is 0 Å². The van der Waals surface area contributed by atoms with Gasteiger partial charge in [0.05, 0.1) is 27.8 Å². The molecule has 0 spiro atoms. The largest absolute Gasteiger partial charge is 0.363 e. The Morgan fingerprint density at radius 2 is 1.84 bits per heavy atom. The Hall–Kier alpha value is -0.770. The molecule has 5 atom stereocenters. The number of benzene rings is 1. The number of halogens is 2. The topological polar surface area (TPSA) is 30.8 Å². The molecule has 0 N–H and O–H groups in total. The van der Waals surface area contributed by atoms with Crippen LogP contribution in [0.4, 0.5) is 0 Å². The minimum Gasteiger partial charge on any atom is -0.363 e. The van der Waals surface area contributed by atoms with Gasteiger partial charge >= 0.3 is 0 Å². The lowest BCUT2D eigenvalue weighted by molar-refractivity contribution is -0.196. The van der Waals surface area contributed by atoms with Crippen molar-refractivity contribution in [2.75, 3.05) is 0 Å². The van der Waals surface area contributed by atoms with Crippen LogP contribution < -0.4 is 0 Å². The van der Waals surface area contributed by atoms with E-state index in [2.05, 4.69) is 32.9 Å².